The summed E-state index contributed by atoms with van der Waals surface area (Å²) in [5, 5.41) is 3.06. The molecule has 0 radical (unpaired) electrons. The summed E-state index contributed by atoms with van der Waals surface area (Å²) in [5.74, 6) is 0.268. The lowest BCUT2D eigenvalue weighted by Crippen LogP contribution is -2.54. The van der Waals surface area contributed by atoms with E-state index in [4.69, 9.17) is 4.74 Å². The van der Waals surface area contributed by atoms with Crippen molar-refractivity contribution in [2.75, 3.05) is 20.2 Å². The summed E-state index contributed by atoms with van der Waals surface area (Å²) in [7, 11) is 1.83. The Kier molecular flexibility index (Phi) is 4.22. The van der Waals surface area contributed by atoms with E-state index in [-0.39, 0.29) is 24.3 Å². The second-order valence-electron chi connectivity index (χ2n) is 6.04. The van der Waals surface area contributed by atoms with Crippen LogP contribution in [0.25, 0.3) is 0 Å². The van der Waals surface area contributed by atoms with Crippen molar-refractivity contribution >= 4 is 5.91 Å². The first-order valence-corrected chi connectivity index (χ1v) is 7.46. The van der Waals surface area contributed by atoms with Gasteiger partial charge in [0, 0.05) is 30.7 Å². The van der Waals surface area contributed by atoms with E-state index in [9.17, 15) is 9.18 Å². The Balaban J connectivity index is 1.45. The number of halogens is 1. The Labute approximate surface area is 124 Å². The maximum atomic E-state index is 13.6. The highest BCUT2D eigenvalue weighted by Crippen LogP contribution is 2.38. The van der Waals surface area contributed by atoms with Crippen LogP contribution in [0.4, 0.5) is 4.39 Å². The van der Waals surface area contributed by atoms with Crippen molar-refractivity contribution in [3.63, 3.8) is 0 Å². The molecule has 1 aromatic carbocycles. The number of hydrogen-bond donors (Lipinski definition) is 1. The van der Waals surface area contributed by atoms with Gasteiger partial charge in [-0.3, -0.25) is 9.69 Å². The second-order valence-corrected chi connectivity index (χ2v) is 6.04. The van der Waals surface area contributed by atoms with Gasteiger partial charge in [0.05, 0.1) is 12.6 Å². The van der Waals surface area contributed by atoms with Crippen LogP contribution in [0.3, 0.4) is 0 Å². The van der Waals surface area contributed by atoms with Crippen LogP contribution in [0.5, 0.6) is 0 Å². The highest BCUT2D eigenvalue weighted by atomic mass is 19.1. The minimum atomic E-state index is -0.227. The number of nitrogens with zero attached hydrogens (tertiary/aromatic N) is 1. The molecule has 114 valence electrons. The first-order chi connectivity index (χ1) is 10.1. The van der Waals surface area contributed by atoms with E-state index >= 15 is 0 Å². The van der Waals surface area contributed by atoms with E-state index in [1.165, 1.54) is 6.07 Å². The van der Waals surface area contributed by atoms with Crippen LogP contribution in [0, 0.1) is 11.7 Å². The van der Waals surface area contributed by atoms with E-state index in [1.807, 2.05) is 11.9 Å². The van der Waals surface area contributed by atoms with E-state index in [1.54, 1.807) is 18.2 Å². The number of carbonyl (C=O) groups is 1. The third kappa shape index (κ3) is 3.24. The van der Waals surface area contributed by atoms with Gasteiger partial charge in [-0.05, 0) is 26.0 Å². The van der Waals surface area contributed by atoms with Crippen molar-refractivity contribution in [3.05, 3.63) is 35.6 Å². The number of ether oxygens (including phenoxy) is 1. The second kappa shape index (κ2) is 6.12. The minimum absolute atomic E-state index is 0.00388. The molecule has 0 bridgehead atoms. The summed E-state index contributed by atoms with van der Waals surface area (Å²) in [6, 6.07) is 6.92. The molecule has 2 fully saturated rings. The van der Waals surface area contributed by atoms with E-state index in [0.29, 0.717) is 24.1 Å². The lowest BCUT2D eigenvalue weighted by Gasteiger charge is -2.39. The summed E-state index contributed by atoms with van der Waals surface area (Å²) in [6.07, 6.45) is 2.32. The number of carbonyl (C=O) groups excluding carboxylic acids is 1. The average Bonchev–Trinajstić information content (AvgIpc) is 2.80. The summed E-state index contributed by atoms with van der Waals surface area (Å²) in [6.45, 7) is 1.53. The fourth-order valence-corrected chi connectivity index (χ4v) is 3.23. The molecule has 1 N–H and O–H groups in total. The molecule has 1 aliphatic heterocycles. The molecule has 21 heavy (non-hydrogen) atoms. The smallest absolute Gasteiger partial charge is 0.234 e. The van der Waals surface area contributed by atoms with E-state index < -0.39 is 0 Å². The van der Waals surface area contributed by atoms with Gasteiger partial charge in [-0.1, -0.05) is 18.2 Å². The predicted octanol–water partition coefficient (Wildman–Crippen LogP) is 1.55. The third-order valence-electron chi connectivity index (χ3n) is 4.42. The van der Waals surface area contributed by atoms with Crippen molar-refractivity contribution in [2.24, 2.45) is 5.92 Å². The molecular formula is C16H21FN2O2. The monoisotopic (exact) mass is 292 g/mol. The fourth-order valence-electron chi connectivity index (χ4n) is 3.23. The van der Waals surface area contributed by atoms with Crippen LogP contribution < -0.4 is 5.32 Å². The highest BCUT2D eigenvalue weighted by molar-refractivity contribution is 5.78. The molecule has 1 aromatic rings. The van der Waals surface area contributed by atoms with Crippen LogP contribution >= 0.6 is 0 Å². The molecule has 1 saturated carbocycles. The Bertz CT molecular complexity index is 523. The standard InChI is InChI=1S/C16H21FN2O2/c1-19(9-11-4-2-3-5-13(11)17)10-16(20)18-14-8-15-12(14)6-7-21-15/h2-5,12,14-15H,6-10H2,1H3,(H,18,20)/t12-,14+,15+/m1/s1. The quantitative estimate of drug-likeness (QED) is 0.895. The maximum absolute atomic E-state index is 13.6. The number of fused-ring (bicyclic) bond motifs is 1. The summed E-state index contributed by atoms with van der Waals surface area (Å²) >= 11 is 0. The Morgan fingerprint density at radius 1 is 1.48 bits per heavy atom. The Morgan fingerprint density at radius 3 is 3.05 bits per heavy atom. The minimum Gasteiger partial charge on any atom is -0.378 e. The highest BCUT2D eigenvalue weighted by Gasteiger charge is 2.45. The van der Waals surface area contributed by atoms with Crippen LogP contribution in [0.1, 0.15) is 18.4 Å². The molecule has 4 nitrogen and oxygen atoms in total. The van der Waals surface area contributed by atoms with Crippen molar-refractivity contribution in [3.8, 4) is 0 Å². The largest absolute Gasteiger partial charge is 0.378 e. The third-order valence-corrected chi connectivity index (χ3v) is 4.42. The number of likely N-dealkylation sites (N-methyl/N-ethyl adjacent to an activating group) is 1. The molecule has 1 heterocycles. The summed E-state index contributed by atoms with van der Waals surface area (Å²) in [5.41, 5.74) is 0.612. The van der Waals surface area contributed by atoms with Crippen LogP contribution in [-0.4, -0.2) is 43.2 Å². The van der Waals surface area contributed by atoms with Gasteiger partial charge in [0.15, 0.2) is 0 Å². The van der Waals surface area contributed by atoms with Crippen molar-refractivity contribution in [1.29, 1.82) is 0 Å². The molecular weight excluding hydrogens is 271 g/mol. The van der Waals surface area contributed by atoms with Gasteiger partial charge in [-0.15, -0.1) is 0 Å². The maximum Gasteiger partial charge on any atom is 0.234 e. The molecule has 0 aromatic heterocycles. The molecule has 1 amide bonds. The molecule has 1 aliphatic carbocycles. The number of nitrogens with one attached hydrogen (secondary N) is 1. The SMILES string of the molecule is CN(CC(=O)N[C@H]1C[C@@H]2OCC[C@H]12)Cc1ccccc1F. The Hall–Kier alpha value is -1.46. The Morgan fingerprint density at radius 2 is 2.29 bits per heavy atom. The molecule has 1 saturated heterocycles. The van der Waals surface area contributed by atoms with Gasteiger partial charge in [-0.2, -0.15) is 0 Å². The van der Waals surface area contributed by atoms with Crippen LogP contribution in [-0.2, 0) is 16.1 Å². The fraction of sp³-hybridized carbons (Fsp3) is 0.562. The predicted molar refractivity (Wildman–Crippen MR) is 77.1 cm³/mol. The van der Waals surface area contributed by atoms with Crippen molar-refractivity contribution in [1.82, 2.24) is 10.2 Å². The van der Waals surface area contributed by atoms with Crippen LogP contribution in [0.2, 0.25) is 0 Å². The first-order valence-electron chi connectivity index (χ1n) is 7.46. The summed E-state index contributed by atoms with van der Waals surface area (Å²) < 4.78 is 19.1. The van der Waals surface area contributed by atoms with E-state index in [0.717, 1.165) is 19.4 Å². The van der Waals surface area contributed by atoms with Crippen LogP contribution in [0.15, 0.2) is 24.3 Å². The number of amides is 1. The zero-order chi connectivity index (χ0) is 14.8. The average molecular weight is 292 g/mol. The van der Waals surface area contributed by atoms with Crippen molar-refractivity contribution < 1.29 is 13.9 Å². The number of rotatable bonds is 5. The number of hydrogen-bond acceptors (Lipinski definition) is 3. The van der Waals surface area contributed by atoms with E-state index in [2.05, 4.69) is 5.32 Å². The van der Waals surface area contributed by atoms with Gasteiger partial charge in [0.1, 0.15) is 5.82 Å². The van der Waals surface area contributed by atoms with Gasteiger partial charge in [0.2, 0.25) is 5.91 Å². The zero-order valence-corrected chi connectivity index (χ0v) is 12.2. The lowest BCUT2D eigenvalue weighted by molar-refractivity contribution is -0.125. The zero-order valence-electron chi connectivity index (χ0n) is 12.2. The number of benzene rings is 1. The summed E-state index contributed by atoms with van der Waals surface area (Å²) in [4.78, 5) is 13.9. The van der Waals surface area contributed by atoms with Gasteiger partial charge in [0.25, 0.3) is 0 Å². The topological polar surface area (TPSA) is 41.6 Å². The molecule has 0 unspecified atom stereocenters. The van der Waals surface area contributed by atoms with Gasteiger partial charge in [-0.25, -0.2) is 4.39 Å². The molecule has 5 heteroatoms. The molecule has 2 aliphatic rings. The molecule has 0 spiro atoms. The normalized spacial score (nSPS) is 27.3. The van der Waals surface area contributed by atoms with Crippen molar-refractivity contribution in [2.45, 2.75) is 31.5 Å². The first kappa shape index (κ1) is 14.5. The molecule has 3 rings (SSSR count). The lowest BCUT2D eigenvalue weighted by atomic mass is 9.76. The molecule has 3 atom stereocenters. The van der Waals surface area contributed by atoms with Gasteiger partial charge >= 0.3 is 0 Å². The van der Waals surface area contributed by atoms with Gasteiger partial charge < -0.3 is 10.1 Å².